The van der Waals surface area contributed by atoms with E-state index in [2.05, 4.69) is 0 Å². The van der Waals surface area contributed by atoms with Crippen molar-refractivity contribution in [3.05, 3.63) is 35.1 Å². The Morgan fingerprint density at radius 3 is 2.65 bits per heavy atom. The van der Waals surface area contributed by atoms with Crippen LogP contribution in [0.1, 0.15) is 43.2 Å². The Balaban J connectivity index is 2.04. The van der Waals surface area contributed by atoms with Gasteiger partial charge < -0.3 is 4.74 Å². The predicted octanol–water partition coefficient (Wildman–Crippen LogP) is 3.84. The Morgan fingerprint density at radius 2 is 2.05 bits per heavy atom. The van der Waals surface area contributed by atoms with Crippen molar-refractivity contribution in [3.8, 4) is 0 Å². The lowest BCUT2D eigenvalue weighted by atomic mass is 9.82. The number of halogens is 1. The number of hydrogen-bond donors (Lipinski definition) is 0. The number of methoxy groups -OCH3 is 1. The van der Waals surface area contributed by atoms with Gasteiger partial charge in [-0.2, -0.15) is 0 Å². The smallest absolute Gasteiger partial charge is 0.166 e. The van der Waals surface area contributed by atoms with Crippen LogP contribution in [0, 0.1) is 18.7 Å². The standard InChI is InChI=1S/C17H23FO2/c1-12-10-15(18)9-8-14(12)11-16(19)17(20-2)13-6-4-3-5-7-13/h8-10,13,17H,3-7,11H2,1-2H3. The van der Waals surface area contributed by atoms with Gasteiger partial charge >= 0.3 is 0 Å². The quantitative estimate of drug-likeness (QED) is 0.818. The van der Waals surface area contributed by atoms with Crippen LogP contribution in [0.2, 0.25) is 0 Å². The Bertz CT molecular complexity index is 464. The lowest BCUT2D eigenvalue weighted by Gasteiger charge is -2.28. The van der Waals surface area contributed by atoms with E-state index in [0.29, 0.717) is 12.3 Å². The summed E-state index contributed by atoms with van der Waals surface area (Å²) < 4.78 is 18.6. The van der Waals surface area contributed by atoms with Gasteiger partial charge in [-0.25, -0.2) is 4.39 Å². The second kappa shape index (κ2) is 6.98. The normalized spacial score (nSPS) is 17.9. The number of hydrogen-bond acceptors (Lipinski definition) is 2. The minimum absolute atomic E-state index is 0.120. The van der Waals surface area contributed by atoms with Crippen LogP contribution in [0.25, 0.3) is 0 Å². The van der Waals surface area contributed by atoms with E-state index in [1.54, 1.807) is 13.2 Å². The number of benzene rings is 1. The molecule has 0 heterocycles. The first-order chi connectivity index (χ1) is 9.61. The second-order valence-corrected chi connectivity index (χ2v) is 5.77. The van der Waals surface area contributed by atoms with Crippen molar-refractivity contribution in [1.82, 2.24) is 0 Å². The Morgan fingerprint density at radius 1 is 1.35 bits per heavy atom. The maximum atomic E-state index is 13.1. The Hall–Kier alpha value is -1.22. The van der Waals surface area contributed by atoms with Gasteiger partial charge in [-0.3, -0.25) is 4.79 Å². The predicted molar refractivity (Wildman–Crippen MR) is 77.2 cm³/mol. The average molecular weight is 278 g/mol. The molecule has 0 spiro atoms. The maximum absolute atomic E-state index is 13.1. The summed E-state index contributed by atoms with van der Waals surface area (Å²) in [6.07, 6.45) is 5.82. The highest BCUT2D eigenvalue weighted by Gasteiger charge is 2.29. The molecular weight excluding hydrogens is 255 g/mol. The van der Waals surface area contributed by atoms with E-state index in [4.69, 9.17) is 4.74 Å². The molecule has 0 saturated heterocycles. The minimum Gasteiger partial charge on any atom is -0.373 e. The number of carbonyl (C=O) groups excluding carboxylic acids is 1. The third kappa shape index (κ3) is 3.66. The van der Waals surface area contributed by atoms with Gasteiger partial charge in [0.05, 0.1) is 0 Å². The molecule has 1 aromatic rings. The molecule has 1 fully saturated rings. The molecule has 1 unspecified atom stereocenters. The van der Waals surface area contributed by atoms with Crippen LogP contribution in [0.15, 0.2) is 18.2 Å². The molecule has 20 heavy (non-hydrogen) atoms. The van der Waals surface area contributed by atoms with Crippen molar-refractivity contribution >= 4 is 5.78 Å². The summed E-state index contributed by atoms with van der Waals surface area (Å²) in [4.78, 5) is 12.5. The summed E-state index contributed by atoms with van der Waals surface area (Å²) >= 11 is 0. The monoisotopic (exact) mass is 278 g/mol. The van der Waals surface area contributed by atoms with Crippen LogP contribution >= 0.6 is 0 Å². The fourth-order valence-corrected chi connectivity index (χ4v) is 3.17. The molecule has 1 aliphatic carbocycles. The highest BCUT2D eigenvalue weighted by molar-refractivity contribution is 5.85. The van der Waals surface area contributed by atoms with E-state index >= 15 is 0 Å². The van der Waals surface area contributed by atoms with Crippen LogP contribution in [0.3, 0.4) is 0 Å². The van der Waals surface area contributed by atoms with Crippen molar-refractivity contribution in [2.75, 3.05) is 7.11 Å². The number of ketones is 1. The highest BCUT2D eigenvalue weighted by Crippen LogP contribution is 2.29. The van der Waals surface area contributed by atoms with Crippen molar-refractivity contribution < 1.29 is 13.9 Å². The second-order valence-electron chi connectivity index (χ2n) is 5.77. The summed E-state index contributed by atoms with van der Waals surface area (Å²) in [7, 11) is 1.62. The zero-order chi connectivity index (χ0) is 14.5. The van der Waals surface area contributed by atoms with Crippen LogP contribution < -0.4 is 0 Å². The summed E-state index contributed by atoms with van der Waals surface area (Å²) in [5, 5.41) is 0. The molecule has 1 saturated carbocycles. The molecule has 2 nitrogen and oxygen atoms in total. The van der Waals surface area contributed by atoms with Crippen LogP contribution in [0.4, 0.5) is 4.39 Å². The first-order valence-electron chi connectivity index (χ1n) is 7.42. The average Bonchev–Trinajstić information content (AvgIpc) is 2.44. The Kier molecular flexibility index (Phi) is 5.30. The van der Waals surface area contributed by atoms with E-state index in [1.807, 2.05) is 6.92 Å². The molecule has 0 amide bonds. The van der Waals surface area contributed by atoms with Crippen molar-refractivity contribution in [3.63, 3.8) is 0 Å². The van der Waals surface area contributed by atoms with Gasteiger partial charge in [-0.05, 0) is 48.9 Å². The van der Waals surface area contributed by atoms with Crippen LogP contribution in [0.5, 0.6) is 0 Å². The molecular formula is C17H23FO2. The molecule has 2 rings (SSSR count). The van der Waals surface area contributed by atoms with Crippen molar-refractivity contribution in [2.45, 2.75) is 51.6 Å². The van der Waals surface area contributed by atoms with E-state index in [1.165, 1.54) is 31.4 Å². The lowest BCUT2D eigenvalue weighted by molar-refractivity contribution is -0.132. The van der Waals surface area contributed by atoms with Gasteiger partial charge in [0.2, 0.25) is 0 Å². The van der Waals surface area contributed by atoms with Gasteiger partial charge in [0, 0.05) is 13.5 Å². The van der Waals surface area contributed by atoms with Gasteiger partial charge in [-0.1, -0.05) is 25.3 Å². The number of Topliss-reactive ketones (excluding diaryl/α,β-unsaturated/α-hetero) is 1. The number of carbonyl (C=O) groups is 1. The third-order valence-corrected chi connectivity index (χ3v) is 4.32. The fraction of sp³-hybridized carbons (Fsp3) is 0.588. The first kappa shape index (κ1) is 15.2. The van der Waals surface area contributed by atoms with Crippen molar-refractivity contribution in [1.29, 1.82) is 0 Å². The molecule has 1 atom stereocenters. The summed E-state index contributed by atoms with van der Waals surface area (Å²) in [5.74, 6) is 0.213. The molecule has 0 bridgehead atoms. The lowest BCUT2D eigenvalue weighted by Crippen LogP contribution is -2.34. The molecule has 110 valence electrons. The zero-order valence-corrected chi connectivity index (χ0v) is 12.3. The van der Waals surface area contributed by atoms with Crippen LogP contribution in [-0.2, 0) is 16.0 Å². The zero-order valence-electron chi connectivity index (χ0n) is 12.3. The molecule has 0 radical (unpaired) electrons. The molecule has 0 N–H and O–H groups in total. The molecule has 1 aromatic carbocycles. The minimum atomic E-state index is -0.306. The molecule has 0 aliphatic heterocycles. The summed E-state index contributed by atoms with van der Waals surface area (Å²) in [6.45, 7) is 1.84. The number of ether oxygens (including phenoxy) is 1. The largest absolute Gasteiger partial charge is 0.373 e. The summed E-state index contributed by atoms with van der Waals surface area (Å²) in [5.41, 5.74) is 1.73. The number of rotatable bonds is 5. The topological polar surface area (TPSA) is 26.3 Å². The van der Waals surface area contributed by atoms with Crippen molar-refractivity contribution in [2.24, 2.45) is 5.92 Å². The van der Waals surface area contributed by atoms with Gasteiger partial charge in [0.1, 0.15) is 11.9 Å². The molecule has 0 aromatic heterocycles. The first-order valence-corrected chi connectivity index (χ1v) is 7.42. The van der Waals surface area contributed by atoms with E-state index in [9.17, 15) is 9.18 Å². The highest BCUT2D eigenvalue weighted by atomic mass is 19.1. The van der Waals surface area contributed by atoms with E-state index in [-0.39, 0.29) is 17.7 Å². The van der Waals surface area contributed by atoms with Gasteiger partial charge in [0.25, 0.3) is 0 Å². The third-order valence-electron chi connectivity index (χ3n) is 4.32. The van der Waals surface area contributed by atoms with Crippen LogP contribution in [-0.4, -0.2) is 19.0 Å². The van der Waals surface area contributed by atoms with E-state index in [0.717, 1.165) is 24.0 Å². The Labute approximate surface area is 120 Å². The van der Waals surface area contributed by atoms with Gasteiger partial charge in [0.15, 0.2) is 5.78 Å². The fourth-order valence-electron chi connectivity index (χ4n) is 3.17. The SMILES string of the molecule is COC(C(=O)Cc1ccc(F)cc1C)C1CCCCC1. The van der Waals surface area contributed by atoms with E-state index < -0.39 is 0 Å². The number of aryl methyl sites for hydroxylation is 1. The maximum Gasteiger partial charge on any atom is 0.166 e. The molecule has 3 heteroatoms. The van der Waals surface area contributed by atoms with Gasteiger partial charge in [-0.15, -0.1) is 0 Å². The summed E-state index contributed by atoms with van der Waals surface area (Å²) in [6, 6.07) is 4.60. The molecule has 1 aliphatic rings.